The van der Waals surface area contributed by atoms with E-state index in [9.17, 15) is 13.2 Å². The van der Waals surface area contributed by atoms with Crippen LogP contribution in [0, 0.1) is 0 Å². The quantitative estimate of drug-likeness (QED) is 0.597. The van der Waals surface area contributed by atoms with Gasteiger partial charge in [0.1, 0.15) is 6.54 Å². The first-order valence-electron chi connectivity index (χ1n) is 8.59. The molecule has 30 heavy (non-hydrogen) atoms. The lowest BCUT2D eigenvalue weighted by molar-refractivity contribution is -0.119. The summed E-state index contributed by atoms with van der Waals surface area (Å²) < 4.78 is 41.2. The number of amides is 1. The second-order valence-corrected chi connectivity index (χ2v) is 8.84. The van der Waals surface area contributed by atoms with Gasteiger partial charge in [-0.05, 0) is 29.8 Å². The number of benzene rings is 2. The largest absolute Gasteiger partial charge is 0.493 e. The van der Waals surface area contributed by atoms with Crippen LogP contribution in [0.5, 0.6) is 17.2 Å². The van der Waals surface area contributed by atoms with Crippen LogP contribution >= 0.6 is 23.2 Å². The molecule has 0 radical (unpaired) electrons. The fraction of sp³-hybridized carbons (Fsp3) is 0.316. The third-order valence-corrected chi connectivity index (χ3v) is 6.04. The summed E-state index contributed by atoms with van der Waals surface area (Å²) in [5, 5.41) is 2.90. The van der Waals surface area contributed by atoms with Crippen molar-refractivity contribution in [2.24, 2.45) is 0 Å². The summed E-state index contributed by atoms with van der Waals surface area (Å²) in [6.07, 6.45) is 0.983. The van der Waals surface area contributed by atoms with E-state index in [1.165, 1.54) is 33.5 Å². The number of nitrogens with zero attached hydrogens (tertiary/aromatic N) is 1. The van der Waals surface area contributed by atoms with E-state index < -0.39 is 22.5 Å². The minimum absolute atomic E-state index is 0.0435. The number of rotatable bonds is 9. The summed E-state index contributed by atoms with van der Waals surface area (Å²) in [6, 6.07) is 7.92. The number of hydrogen-bond donors (Lipinski definition) is 1. The lowest BCUT2D eigenvalue weighted by Crippen LogP contribution is -2.40. The Hall–Kier alpha value is -2.36. The standard InChI is InChI=1S/C19H22Cl2N2O6S/c1-27-15-8-12(9-16(28-2)19(15)29-3)10-22-17(24)11-23(30(4,25)26)14-7-5-6-13(20)18(14)21/h5-9H,10-11H2,1-4H3,(H,22,24). The van der Waals surface area contributed by atoms with Gasteiger partial charge in [-0.1, -0.05) is 29.3 Å². The summed E-state index contributed by atoms with van der Waals surface area (Å²) >= 11 is 12.1. The van der Waals surface area contributed by atoms with E-state index in [4.69, 9.17) is 37.4 Å². The molecule has 0 heterocycles. The van der Waals surface area contributed by atoms with Crippen LogP contribution in [-0.2, 0) is 21.4 Å². The molecular weight excluding hydrogens is 455 g/mol. The molecule has 2 aromatic rings. The Labute approximate surface area is 185 Å². The average Bonchev–Trinajstić information content (AvgIpc) is 2.71. The van der Waals surface area contributed by atoms with Crippen LogP contribution in [0.3, 0.4) is 0 Å². The number of hydrogen-bond acceptors (Lipinski definition) is 6. The zero-order valence-electron chi connectivity index (χ0n) is 16.9. The van der Waals surface area contributed by atoms with E-state index >= 15 is 0 Å². The molecule has 0 aliphatic carbocycles. The second-order valence-electron chi connectivity index (χ2n) is 6.15. The van der Waals surface area contributed by atoms with Crippen LogP contribution in [0.25, 0.3) is 0 Å². The maximum atomic E-state index is 12.5. The number of sulfonamides is 1. The Kier molecular flexibility index (Phi) is 8.05. The maximum Gasteiger partial charge on any atom is 0.241 e. The van der Waals surface area contributed by atoms with Crippen molar-refractivity contribution < 1.29 is 27.4 Å². The van der Waals surface area contributed by atoms with Gasteiger partial charge < -0.3 is 19.5 Å². The van der Waals surface area contributed by atoms with Crippen LogP contribution in [-0.4, -0.2) is 48.5 Å². The molecule has 11 heteroatoms. The molecule has 0 atom stereocenters. The molecule has 2 rings (SSSR count). The first-order valence-corrected chi connectivity index (χ1v) is 11.2. The molecule has 0 aromatic heterocycles. The van der Waals surface area contributed by atoms with Crippen LogP contribution in [0.2, 0.25) is 10.0 Å². The number of halogens is 2. The molecule has 1 N–H and O–H groups in total. The fourth-order valence-electron chi connectivity index (χ4n) is 2.69. The molecule has 0 aliphatic heterocycles. The number of anilines is 1. The highest BCUT2D eigenvalue weighted by Gasteiger charge is 2.24. The Bertz CT molecular complexity index is 1000. The minimum atomic E-state index is -3.79. The van der Waals surface area contributed by atoms with Crippen molar-refractivity contribution in [1.29, 1.82) is 0 Å². The Morgan fingerprint density at radius 1 is 1.07 bits per heavy atom. The normalized spacial score (nSPS) is 11.0. The smallest absolute Gasteiger partial charge is 0.241 e. The van der Waals surface area contributed by atoms with E-state index in [2.05, 4.69) is 5.32 Å². The molecule has 8 nitrogen and oxygen atoms in total. The van der Waals surface area contributed by atoms with Crippen LogP contribution in [0.15, 0.2) is 30.3 Å². The zero-order chi connectivity index (χ0) is 22.5. The highest BCUT2D eigenvalue weighted by atomic mass is 35.5. The number of carbonyl (C=O) groups is 1. The summed E-state index contributed by atoms with van der Waals surface area (Å²) in [5.74, 6) is 0.758. The third-order valence-electron chi connectivity index (χ3n) is 4.10. The fourth-order valence-corrected chi connectivity index (χ4v) is 4.00. The van der Waals surface area contributed by atoms with E-state index in [-0.39, 0.29) is 22.3 Å². The minimum Gasteiger partial charge on any atom is -0.493 e. The first-order chi connectivity index (χ1) is 14.1. The molecule has 0 spiro atoms. The maximum absolute atomic E-state index is 12.5. The number of nitrogens with one attached hydrogen (secondary N) is 1. The predicted octanol–water partition coefficient (Wildman–Crippen LogP) is 3.10. The van der Waals surface area contributed by atoms with Crippen molar-refractivity contribution in [3.63, 3.8) is 0 Å². The van der Waals surface area contributed by atoms with E-state index in [1.807, 2.05) is 0 Å². The molecular formula is C19H22Cl2N2O6S. The molecule has 1 amide bonds. The predicted molar refractivity (Wildman–Crippen MR) is 117 cm³/mol. The zero-order valence-corrected chi connectivity index (χ0v) is 19.2. The molecule has 2 aromatic carbocycles. The topological polar surface area (TPSA) is 94.2 Å². The second kappa shape index (κ2) is 10.1. The Morgan fingerprint density at radius 2 is 1.67 bits per heavy atom. The molecule has 0 aliphatic rings. The van der Waals surface area contributed by atoms with Crippen molar-refractivity contribution in [1.82, 2.24) is 5.32 Å². The highest BCUT2D eigenvalue weighted by Crippen LogP contribution is 2.38. The van der Waals surface area contributed by atoms with Crippen LogP contribution in [0.4, 0.5) is 5.69 Å². The lowest BCUT2D eigenvalue weighted by Gasteiger charge is -2.23. The van der Waals surface area contributed by atoms with Crippen LogP contribution < -0.4 is 23.8 Å². The Morgan fingerprint density at radius 3 is 2.17 bits per heavy atom. The Balaban J connectivity index is 2.20. The van der Waals surface area contributed by atoms with Gasteiger partial charge in [-0.25, -0.2) is 8.42 Å². The summed E-state index contributed by atoms with van der Waals surface area (Å²) in [6.45, 7) is -0.361. The lowest BCUT2D eigenvalue weighted by atomic mass is 10.1. The van der Waals surface area contributed by atoms with Gasteiger partial charge in [0.05, 0.1) is 43.3 Å². The van der Waals surface area contributed by atoms with Gasteiger partial charge in [0.2, 0.25) is 21.7 Å². The highest BCUT2D eigenvalue weighted by molar-refractivity contribution is 7.92. The van der Waals surface area contributed by atoms with Crippen LogP contribution in [0.1, 0.15) is 5.56 Å². The van der Waals surface area contributed by atoms with Gasteiger partial charge in [0.15, 0.2) is 11.5 Å². The third kappa shape index (κ3) is 5.62. The van der Waals surface area contributed by atoms with Gasteiger partial charge in [-0.2, -0.15) is 0 Å². The monoisotopic (exact) mass is 476 g/mol. The molecule has 164 valence electrons. The molecule has 0 fully saturated rings. The molecule has 0 saturated heterocycles. The van der Waals surface area contributed by atoms with E-state index in [1.54, 1.807) is 18.2 Å². The van der Waals surface area contributed by atoms with E-state index in [0.29, 0.717) is 22.8 Å². The average molecular weight is 477 g/mol. The SMILES string of the molecule is COc1cc(CNC(=O)CN(c2cccc(Cl)c2Cl)S(C)(=O)=O)cc(OC)c1OC. The number of ether oxygens (including phenoxy) is 3. The van der Waals surface area contributed by atoms with Gasteiger partial charge in [0.25, 0.3) is 0 Å². The van der Waals surface area contributed by atoms with Crippen molar-refractivity contribution in [3.05, 3.63) is 45.9 Å². The summed E-state index contributed by atoms with van der Waals surface area (Å²) in [4.78, 5) is 12.5. The van der Waals surface area contributed by atoms with Crippen molar-refractivity contribution in [3.8, 4) is 17.2 Å². The number of methoxy groups -OCH3 is 3. The van der Waals surface area contributed by atoms with Gasteiger partial charge in [-0.15, -0.1) is 0 Å². The van der Waals surface area contributed by atoms with Crippen molar-refractivity contribution >= 4 is 44.8 Å². The van der Waals surface area contributed by atoms with Crippen molar-refractivity contribution in [2.75, 3.05) is 38.4 Å². The van der Waals surface area contributed by atoms with Gasteiger partial charge in [-0.3, -0.25) is 9.10 Å². The molecule has 0 unspecified atom stereocenters. The molecule has 0 bridgehead atoms. The van der Waals surface area contributed by atoms with Gasteiger partial charge in [0, 0.05) is 6.54 Å². The van der Waals surface area contributed by atoms with Crippen molar-refractivity contribution in [2.45, 2.75) is 6.54 Å². The summed E-state index contributed by atoms with van der Waals surface area (Å²) in [5.41, 5.74) is 0.791. The van der Waals surface area contributed by atoms with E-state index in [0.717, 1.165) is 10.6 Å². The number of carbonyl (C=O) groups excluding carboxylic acids is 1. The summed E-state index contributed by atoms with van der Waals surface area (Å²) in [7, 11) is 0.665. The first kappa shape index (κ1) is 23.9. The molecule has 0 saturated carbocycles. The van der Waals surface area contributed by atoms with Gasteiger partial charge >= 0.3 is 0 Å².